The number of fused-ring (bicyclic) bond motifs is 1. The molecule has 0 radical (unpaired) electrons. The number of hydrogen-bond donors (Lipinski definition) is 1. The molecule has 2 aromatic heterocycles. The van der Waals surface area contributed by atoms with Gasteiger partial charge in [0.25, 0.3) is 0 Å². The standard InChI is InChI=1S/C18H24N4O2/c1-18(2,3)17-19-9-13-10-21(8-6-15(13)20-17)11-14-5-4-7-22(14)12-16(23)24/h4-5,7,9H,6,8,10-12H2,1-3H3,(H,23,24). The Kier molecular flexibility index (Phi) is 4.41. The lowest BCUT2D eigenvalue weighted by atomic mass is 9.95. The van der Waals surface area contributed by atoms with Crippen molar-refractivity contribution < 1.29 is 9.90 Å². The Morgan fingerprint density at radius 2 is 2.17 bits per heavy atom. The Hall–Kier alpha value is -2.21. The van der Waals surface area contributed by atoms with E-state index in [1.807, 2.05) is 24.5 Å². The van der Waals surface area contributed by atoms with E-state index in [9.17, 15) is 4.79 Å². The molecule has 0 saturated carbocycles. The first-order valence-electron chi connectivity index (χ1n) is 8.26. The average molecular weight is 328 g/mol. The maximum atomic E-state index is 10.9. The van der Waals surface area contributed by atoms with E-state index in [1.54, 1.807) is 4.57 Å². The molecule has 6 nitrogen and oxygen atoms in total. The minimum Gasteiger partial charge on any atom is -0.480 e. The first-order chi connectivity index (χ1) is 11.3. The fourth-order valence-electron chi connectivity index (χ4n) is 2.99. The van der Waals surface area contributed by atoms with Crippen LogP contribution in [0.15, 0.2) is 24.5 Å². The molecule has 0 atom stereocenters. The van der Waals surface area contributed by atoms with Crippen molar-refractivity contribution in [3.63, 3.8) is 0 Å². The summed E-state index contributed by atoms with van der Waals surface area (Å²) in [6, 6.07) is 3.88. The Morgan fingerprint density at radius 3 is 2.88 bits per heavy atom. The molecule has 6 heteroatoms. The topological polar surface area (TPSA) is 71.2 Å². The SMILES string of the molecule is CC(C)(C)c1ncc2c(n1)CCN(Cc1cccn1CC(=O)O)C2. The van der Waals surface area contributed by atoms with Crippen molar-refractivity contribution in [3.8, 4) is 0 Å². The average Bonchev–Trinajstić information content (AvgIpc) is 2.92. The van der Waals surface area contributed by atoms with Crippen LogP contribution >= 0.6 is 0 Å². The molecule has 3 rings (SSSR count). The van der Waals surface area contributed by atoms with Gasteiger partial charge in [0.05, 0.1) is 0 Å². The van der Waals surface area contributed by atoms with Crippen LogP contribution in [0.4, 0.5) is 0 Å². The van der Waals surface area contributed by atoms with E-state index in [4.69, 9.17) is 10.1 Å². The Labute approximate surface area is 142 Å². The van der Waals surface area contributed by atoms with E-state index in [2.05, 4.69) is 30.7 Å². The van der Waals surface area contributed by atoms with E-state index >= 15 is 0 Å². The predicted molar refractivity (Wildman–Crippen MR) is 90.6 cm³/mol. The number of rotatable bonds is 4. The molecule has 0 aliphatic carbocycles. The van der Waals surface area contributed by atoms with Crippen LogP contribution in [-0.4, -0.2) is 37.1 Å². The van der Waals surface area contributed by atoms with Crippen molar-refractivity contribution in [2.75, 3.05) is 6.54 Å². The van der Waals surface area contributed by atoms with Crippen LogP contribution < -0.4 is 0 Å². The second-order valence-electron chi connectivity index (χ2n) is 7.40. The molecule has 3 heterocycles. The lowest BCUT2D eigenvalue weighted by Crippen LogP contribution is -2.32. The Balaban J connectivity index is 1.72. The van der Waals surface area contributed by atoms with E-state index < -0.39 is 5.97 Å². The summed E-state index contributed by atoms with van der Waals surface area (Å²) in [7, 11) is 0. The number of nitrogens with zero attached hydrogens (tertiary/aromatic N) is 4. The normalized spacial score (nSPS) is 15.3. The summed E-state index contributed by atoms with van der Waals surface area (Å²) in [6.07, 6.45) is 4.67. The summed E-state index contributed by atoms with van der Waals surface area (Å²) in [6.45, 7) is 8.84. The summed E-state index contributed by atoms with van der Waals surface area (Å²) in [4.78, 5) is 22.5. The number of carbonyl (C=O) groups is 1. The van der Waals surface area contributed by atoms with Gasteiger partial charge in [0.2, 0.25) is 0 Å². The van der Waals surface area contributed by atoms with E-state index in [0.29, 0.717) is 0 Å². The first kappa shape index (κ1) is 16.6. The summed E-state index contributed by atoms with van der Waals surface area (Å²) in [5.74, 6) is 0.0737. The number of aliphatic carboxylic acids is 1. The molecule has 0 aromatic carbocycles. The number of hydrogen-bond acceptors (Lipinski definition) is 4. The molecule has 0 saturated heterocycles. The van der Waals surface area contributed by atoms with Gasteiger partial charge < -0.3 is 9.67 Å². The smallest absolute Gasteiger partial charge is 0.323 e. The van der Waals surface area contributed by atoms with Gasteiger partial charge >= 0.3 is 5.97 Å². The summed E-state index contributed by atoms with van der Waals surface area (Å²) in [5.41, 5.74) is 3.30. The van der Waals surface area contributed by atoms with Crippen molar-refractivity contribution in [1.82, 2.24) is 19.4 Å². The molecule has 1 N–H and O–H groups in total. The van der Waals surface area contributed by atoms with Gasteiger partial charge in [0.15, 0.2) is 0 Å². The van der Waals surface area contributed by atoms with Gasteiger partial charge in [-0.3, -0.25) is 9.69 Å². The molecule has 0 spiro atoms. The van der Waals surface area contributed by atoms with Crippen LogP contribution in [0.1, 0.15) is 43.5 Å². The minimum absolute atomic E-state index is 0.00478. The second kappa shape index (κ2) is 6.36. The number of aromatic nitrogens is 3. The number of carboxylic acids is 1. The van der Waals surface area contributed by atoms with Gasteiger partial charge in [-0.25, -0.2) is 9.97 Å². The van der Waals surface area contributed by atoms with Gasteiger partial charge in [-0.15, -0.1) is 0 Å². The van der Waals surface area contributed by atoms with Crippen molar-refractivity contribution in [2.24, 2.45) is 0 Å². The highest BCUT2D eigenvalue weighted by molar-refractivity contribution is 5.66. The highest BCUT2D eigenvalue weighted by Crippen LogP contribution is 2.23. The van der Waals surface area contributed by atoms with Crippen LogP contribution in [0.2, 0.25) is 0 Å². The van der Waals surface area contributed by atoms with Crippen molar-refractivity contribution >= 4 is 5.97 Å². The highest BCUT2D eigenvalue weighted by atomic mass is 16.4. The van der Waals surface area contributed by atoms with Gasteiger partial charge in [0.1, 0.15) is 12.4 Å². The van der Waals surface area contributed by atoms with Crippen molar-refractivity contribution in [3.05, 3.63) is 47.3 Å². The highest BCUT2D eigenvalue weighted by Gasteiger charge is 2.23. The van der Waals surface area contributed by atoms with Gasteiger partial charge in [-0.2, -0.15) is 0 Å². The third kappa shape index (κ3) is 3.64. The molecular formula is C18H24N4O2. The molecule has 1 aliphatic rings. The van der Waals surface area contributed by atoms with E-state index in [-0.39, 0.29) is 12.0 Å². The Morgan fingerprint density at radius 1 is 1.38 bits per heavy atom. The summed E-state index contributed by atoms with van der Waals surface area (Å²) >= 11 is 0. The van der Waals surface area contributed by atoms with Crippen molar-refractivity contribution in [2.45, 2.75) is 52.2 Å². The maximum Gasteiger partial charge on any atom is 0.323 e. The molecule has 128 valence electrons. The van der Waals surface area contributed by atoms with Crippen LogP contribution in [0.5, 0.6) is 0 Å². The van der Waals surface area contributed by atoms with Crippen LogP contribution in [-0.2, 0) is 36.3 Å². The third-order valence-corrected chi connectivity index (χ3v) is 4.30. The molecular weight excluding hydrogens is 304 g/mol. The quantitative estimate of drug-likeness (QED) is 0.932. The lowest BCUT2D eigenvalue weighted by molar-refractivity contribution is -0.137. The molecule has 1 aliphatic heterocycles. The maximum absolute atomic E-state index is 10.9. The summed E-state index contributed by atoms with van der Waals surface area (Å²) in [5, 5.41) is 8.99. The summed E-state index contributed by atoms with van der Waals surface area (Å²) < 4.78 is 1.79. The second-order valence-corrected chi connectivity index (χ2v) is 7.40. The van der Waals surface area contributed by atoms with Gasteiger partial charge in [-0.05, 0) is 12.1 Å². The van der Waals surface area contributed by atoms with E-state index in [0.717, 1.165) is 43.3 Å². The zero-order chi connectivity index (χ0) is 17.3. The van der Waals surface area contributed by atoms with E-state index in [1.165, 1.54) is 5.56 Å². The molecule has 0 bridgehead atoms. The monoisotopic (exact) mass is 328 g/mol. The predicted octanol–water partition coefficient (Wildman–Crippen LogP) is 2.22. The molecule has 0 unspecified atom stereocenters. The zero-order valence-electron chi connectivity index (χ0n) is 14.5. The van der Waals surface area contributed by atoms with Crippen LogP contribution in [0.3, 0.4) is 0 Å². The lowest BCUT2D eigenvalue weighted by Gasteiger charge is -2.29. The zero-order valence-corrected chi connectivity index (χ0v) is 14.5. The van der Waals surface area contributed by atoms with Crippen LogP contribution in [0.25, 0.3) is 0 Å². The fraction of sp³-hybridized carbons (Fsp3) is 0.500. The third-order valence-electron chi connectivity index (χ3n) is 4.30. The van der Waals surface area contributed by atoms with Gasteiger partial charge in [0, 0.05) is 60.8 Å². The van der Waals surface area contributed by atoms with Crippen molar-refractivity contribution in [1.29, 1.82) is 0 Å². The first-order valence-corrected chi connectivity index (χ1v) is 8.26. The number of carboxylic acid groups (broad SMARTS) is 1. The van der Waals surface area contributed by atoms with Gasteiger partial charge in [-0.1, -0.05) is 20.8 Å². The largest absolute Gasteiger partial charge is 0.480 e. The minimum atomic E-state index is -0.820. The Bertz CT molecular complexity index is 746. The molecule has 2 aromatic rings. The molecule has 0 amide bonds. The molecule has 0 fully saturated rings. The van der Waals surface area contributed by atoms with Crippen LogP contribution in [0, 0.1) is 0 Å². The fourth-order valence-corrected chi connectivity index (χ4v) is 2.99. The molecule has 24 heavy (non-hydrogen) atoms.